The lowest BCUT2D eigenvalue weighted by molar-refractivity contribution is -0.122. The maximum Gasteiger partial charge on any atom is 0.243 e. The first kappa shape index (κ1) is 24.5. The van der Waals surface area contributed by atoms with Crippen LogP contribution in [-0.4, -0.2) is 63.2 Å². The van der Waals surface area contributed by atoms with Gasteiger partial charge in [0.05, 0.1) is 19.9 Å². The Labute approximate surface area is 200 Å². The van der Waals surface area contributed by atoms with Crippen molar-refractivity contribution in [1.82, 2.24) is 15.2 Å². The molecule has 2 aromatic carbocycles. The van der Waals surface area contributed by atoms with Crippen LogP contribution in [0, 0.1) is 0 Å². The second-order valence-corrected chi connectivity index (χ2v) is 8.67. The molecule has 8 heteroatoms. The maximum absolute atomic E-state index is 13.2. The zero-order valence-electron chi connectivity index (χ0n) is 19.9. The fourth-order valence-electron chi connectivity index (χ4n) is 3.44. The fourth-order valence-corrected chi connectivity index (χ4v) is 4.34. The molecule has 1 heterocycles. The molecule has 0 spiro atoms. The van der Waals surface area contributed by atoms with E-state index in [1.165, 1.54) is 11.3 Å². The molecule has 1 amide bonds. The lowest BCUT2D eigenvalue weighted by Gasteiger charge is -2.30. The van der Waals surface area contributed by atoms with Gasteiger partial charge < -0.3 is 24.6 Å². The lowest BCUT2D eigenvalue weighted by Crippen LogP contribution is -2.46. The van der Waals surface area contributed by atoms with E-state index in [0.29, 0.717) is 13.0 Å². The van der Waals surface area contributed by atoms with E-state index in [-0.39, 0.29) is 5.91 Å². The minimum absolute atomic E-state index is 0.0173. The van der Waals surface area contributed by atoms with Crippen molar-refractivity contribution in [3.8, 4) is 22.8 Å². The summed E-state index contributed by atoms with van der Waals surface area (Å²) in [6, 6.07) is 15.1. The Kier molecular flexibility index (Phi) is 8.68. The lowest BCUT2D eigenvalue weighted by atomic mass is 10.1. The summed E-state index contributed by atoms with van der Waals surface area (Å²) < 4.78 is 10.6. The number of carbonyl (C=O) groups excluding carboxylic acids is 1. The van der Waals surface area contributed by atoms with Gasteiger partial charge in [0, 0.05) is 29.7 Å². The number of hydrogen-bond acceptors (Lipinski definition) is 7. The Hall–Kier alpha value is -3.10. The number of rotatable bonds is 11. The first-order valence-corrected chi connectivity index (χ1v) is 11.8. The van der Waals surface area contributed by atoms with Gasteiger partial charge in [0.15, 0.2) is 5.13 Å². The van der Waals surface area contributed by atoms with Crippen LogP contribution in [0.1, 0.15) is 13.3 Å². The zero-order valence-corrected chi connectivity index (χ0v) is 20.7. The second-order valence-electron chi connectivity index (χ2n) is 7.83. The molecule has 1 atom stereocenters. The Balaban J connectivity index is 1.94. The topological polar surface area (TPSA) is 66.9 Å². The molecule has 0 bridgehead atoms. The van der Waals surface area contributed by atoms with Gasteiger partial charge in [0.25, 0.3) is 0 Å². The summed E-state index contributed by atoms with van der Waals surface area (Å²) in [5.41, 5.74) is 2.75. The monoisotopic (exact) mass is 468 g/mol. The average molecular weight is 469 g/mol. The summed E-state index contributed by atoms with van der Waals surface area (Å²) in [5.74, 6) is 1.55. The van der Waals surface area contributed by atoms with Gasteiger partial charge in [-0.1, -0.05) is 6.92 Å². The molecular formula is C25H32N4O3S. The number of nitrogens with zero attached hydrogens (tertiary/aromatic N) is 3. The third kappa shape index (κ3) is 6.24. The maximum atomic E-state index is 13.2. The standard InChI is InChI=1S/C25H32N4O3S/c1-6-23(24(30)26-15-16-28(2)3)29(19-9-13-21(32-5)14-10-19)25-27-22(17-33-25)18-7-11-20(31-4)12-8-18/h7-14,17,23H,6,15-16H2,1-5H3,(H,26,30). The minimum Gasteiger partial charge on any atom is -0.497 e. The van der Waals surface area contributed by atoms with Gasteiger partial charge in [-0.3, -0.25) is 4.79 Å². The number of anilines is 2. The van der Waals surface area contributed by atoms with Crippen molar-refractivity contribution in [3.05, 3.63) is 53.9 Å². The highest BCUT2D eigenvalue weighted by molar-refractivity contribution is 7.14. The van der Waals surface area contributed by atoms with Crippen molar-refractivity contribution in [2.24, 2.45) is 0 Å². The summed E-state index contributed by atoms with van der Waals surface area (Å²) in [6.07, 6.45) is 0.636. The molecular weight excluding hydrogens is 436 g/mol. The number of carbonyl (C=O) groups is 1. The quantitative estimate of drug-likeness (QED) is 0.449. The molecule has 3 aromatic rings. The highest BCUT2D eigenvalue weighted by Gasteiger charge is 2.28. The van der Waals surface area contributed by atoms with Crippen LogP contribution in [0.3, 0.4) is 0 Å². The van der Waals surface area contributed by atoms with E-state index >= 15 is 0 Å². The van der Waals surface area contributed by atoms with E-state index in [9.17, 15) is 4.79 Å². The number of nitrogens with one attached hydrogen (secondary N) is 1. The molecule has 1 N–H and O–H groups in total. The van der Waals surface area contributed by atoms with Crippen LogP contribution in [-0.2, 0) is 4.79 Å². The second kappa shape index (κ2) is 11.7. The molecule has 3 rings (SSSR count). The van der Waals surface area contributed by atoms with E-state index in [4.69, 9.17) is 14.5 Å². The fraction of sp³-hybridized carbons (Fsp3) is 0.360. The van der Waals surface area contributed by atoms with Crippen molar-refractivity contribution in [2.45, 2.75) is 19.4 Å². The van der Waals surface area contributed by atoms with Gasteiger partial charge in [-0.15, -0.1) is 11.3 Å². The number of ether oxygens (including phenoxy) is 2. The molecule has 0 aliphatic carbocycles. The van der Waals surface area contributed by atoms with Crippen LogP contribution >= 0.6 is 11.3 Å². The van der Waals surface area contributed by atoms with Crippen molar-refractivity contribution in [1.29, 1.82) is 0 Å². The van der Waals surface area contributed by atoms with Crippen LogP contribution < -0.4 is 19.7 Å². The Morgan fingerprint density at radius 3 is 2.18 bits per heavy atom. The van der Waals surface area contributed by atoms with Crippen molar-refractivity contribution in [2.75, 3.05) is 46.3 Å². The van der Waals surface area contributed by atoms with Gasteiger partial charge in [-0.2, -0.15) is 0 Å². The minimum atomic E-state index is -0.393. The molecule has 33 heavy (non-hydrogen) atoms. The number of hydrogen-bond donors (Lipinski definition) is 1. The average Bonchev–Trinajstić information content (AvgIpc) is 3.32. The van der Waals surface area contributed by atoms with E-state index in [1.807, 2.05) is 84.7 Å². The molecule has 0 aliphatic heterocycles. The Morgan fingerprint density at radius 2 is 1.64 bits per heavy atom. The predicted octanol–water partition coefficient (Wildman–Crippen LogP) is 4.42. The van der Waals surface area contributed by atoms with Crippen molar-refractivity contribution < 1.29 is 14.3 Å². The van der Waals surface area contributed by atoms with Crippen LogP contribution in [0.2, 0.25) is 0 Å². The SMILES string of the molecule is CCC(C(=O)NCCN(C)C)N(c1ccc(OC)cc1)c1nc(-c2ccc(OC)cc2)cs1. The summed E-state index contributed by atoms with van der Waals surface area (Å²) in [7, 11) is 7.27. The highest BCUT2D eigenvalue weighted by Crippen LogP contribution is 2.35. The third-order valence-corrected chi connectivity index (χ3v) is 6.13. The highest BCUT2D eigenvalue weighted by atomic mass is 32.1. The Morgan fingerprint density at radius 1 is 1.03 bits per heavy atom. The van der Waals surface area contributed by atoms with Gasteiger partial charge in [-0.25, -0.2) is 4.98 Å². The Bertz CT molecular complexity index is 1020. The molecule has 176 valence electrons. The first-order valence-electron chi connectivity index (χ1n) is 10.9. The van der Waals surface area contributed by atoms with Crippen molar-refractivity contribution in [3.63, 3.8) is 0 Å². The van der Waals surface area contributed by atoms with E-state index in [1.54, 1.807) is 14.2 Å². The van der Waals surface area contributed by atoms with Gasteiger partial charge >= 0.3 is 0 Å². The van der Waals surface area contributed by atoms with Gasteiger partial charge in [0.1, 0.15) is 17.5 Å². The summed E-state index contributed by atoms with van der Waals surface area (Å²) >= 11 is 1.52. The molecule has 0 fully saturated rings. The number of likely N-dealkylation sites (N-methyl/N-ethyl adjacent to an activating group) is 1. The largest absolute Gasteiger partial charge is 0.497 e. The van der Waals surface area contributed by atoms with E-state index < -0.39 is 6.04 Å². The number of amides is 1. The van der Waals surface area contributed by atoms with Crippen LogP contribution in [0.25, 0.3) is 11.3 Å². The number of benzene rings is 2. The molecule has 0 saturated carbocycles. The molecule has 0 aliphatic rings. The first-order chi connectivity index (χ1) is 16.0. The molecule has 0 radical (unpaired) electrons. The molecule has 7 nitrogen and oxygen atoms in total. The zero-order chi connectivity index (χ0) is 23.8. The van der Waals surface area contributed by atoms with Crippen molar-refractivity contribution >= 4 is 28.1 Å². The molecule has 1 unspecified atom stereocenters. The van der Waals surface area contributed by atoms with Crippen LogP contribution in [0.4, 0.5) is 10.8 Å². The molecule has 0 saturated heterocycles. The smallest absolute Gasteiger partial charge is 0.243 e. The van der Waals surface area contributed by atoms with E-state index in [2.05, 4.69) is 5.32 Å². The predicted molar refractivity (Wildman–Crippen MR) is 135 cm³/mol. The summed E-state index contributed by atoms with van der Waals surface area (Å²) in [6.45, 7) is 3.39. The van der Waals surface area contributed by atoms with E-state index in [0.717, 1.165) is 40.1 Å². The summed E-state index contributed by atoms with van der Waals surface area (Å²) in [5, 5.41) is 5.86. The molecule has 1 aromatic heterocycles. The van der Waals surface area contributed by atoms with Gasteiger partial charge in [0.2, 0.25) is 5.91 Å². The van der Waals surface area contributed by atoms with Gasteiger partial charge in [-0.05, 0) is 69.0 Å². The normalized spacial score (nSPS) is 11.8. The summed E-state index contributed by atoms with van der Waals surface area (Å²) in [4.78, 5) is 22.1. The number of thiazole rings is 1. The number of aromatic nitrogens is 1. The third-order valence-electron chi connectivity index (χ3n) is 5.29. The van der Waals surface area contributed by atoms with Crippen LogP contribution in [0.5, 0.6) is 11.5 Å². The number of methoxy groups -OCH3 is 2. The van der Waals surface area contributed by atoms with Crippen LogP contribution in [0.15, 0.2) is 53.9 Å².